The Morgan fingerprint density at radius 1 is 0.867 bits per heavy atom. The fourth-order valence-corrected chi connectivity index (χ4v) is 2.65. The van der Waals surface area contributed by atoms with Crippen LogP contribution in [0.5, 0.6) is 0 Å². The monoisotopic (exact) mass is 252 g/mol. The van der Waals surface area contributed by atoms with E-state index in [9.17, 15) is 0 Å². The van der Waals surface area contributed by atoms with Crippen molar-refractivity contribution in [1.82, 2.24) is 0 Å². The molecule has 0 spiro atoms. The van der Waals surface area contributed by atoms with E-state index in [1.807, 2.05) is 6.66 Å². The Hall–Kier alpha value is 0.570. The lowest BCUT2D eigenvalue weighted by Crippen LogP contribution is -1.98. The van der Waals surface area contributed by atoms with Crippen molar-refractivity contribution in [3.63, 3.8) is 0 Å². The van der Waals surface area contributed by atoms with Crippen LogP contribution in [0.2, 0.25) is 0 Å². The van der Waals surface area contributed by atoms with Crippen LogP contribution in [0, 0.1) is 0 Å². The fraction of sp³-hybridized carbons (Fsp3) is 1.00. The fourth-order valence-electron chi connectivity index (χ4n) is 1.20. The molecule has 0 saturated heterocycles. The largest absolute Gasteiger partial charge is 0.329 e. The van der Waals surface area contributed by atoms with Gasteiger partial charge in [-0.2, -0.15) is 0 Å². The highest BCUT2D eigenvalue weighted by molar-refractivity contribution is 8.09. The van der Waals surface area contributed by atoms with Gasteiger partial charge in [0.15, 0.2) is 6.49 Å². The third-order valence-corrected chi connectivity index (χ3v) is 4.08. The van der Waals surface area contributed by atoms with Crippen LogP contribution in [0.3, 0.4) is 0 Å². The number of unbranched alkanes of at least 4 members (excludes halogenated alkanes) is 4. The van der Waals surface area contributed by atoms with Crippen molar-refractivity contribution in [3.8, 4) is 0 Å². The first kappa shape index (κ1) is 15.6. The highest BCUT2D eigenvalue weighted by Crippen LogP contribution is 2.44. The van der Waals surface area contributed by atoms with Crippen LogP contribution >= 0.6 is 6.49 Å². The summed E-state index contributed by atoms with van der Waals surface area (Å²) in [6, 6.07) is 0. The maximum absolute atomic E-state index is 5.62. The maximum Gasteiger partial charge on any atom is 0.185 e. The molecular weight excluding hydrogens is 227 g/mol. The SMILES string of the molecule is CCCCCOP(C)(=S)OCCCCC. The van der Waals surface area contributed by atoms with Crippen LogP contribution < -0.4 is 0 Å². The molecule has 0 aliphatic carbocycles. The maximum atomic E-state index is 5.62. The van der Waals surface area contributed by atoms with Gasteiger partial charge in [-0.05, 0) is 24.6 Å². The average molecular weight is 252 g/mol. The van der Waals surface area contributed by atoms with E-state index in [4.69, 9.17) is 20.9 Å². The molecule has 0 amide bonds. The van der Waals surface area contributed by atoms with E-state index in [0.717, 1.165) is 26.1 Å². The summed E-state index contributed by atoms with van der Waals surface area (Å²) < 4.78 is 11.2. The lowest BCUT2D eigenvalue weighted by Gasteiger charge is -2.17. The minimum absolute atomic E-state index is 0.759. The van der Waals surface area contributed by atoms with Crippen LogP contribution in [0.4, 0.5) is 0 Å². The topological polar surface area (TPSA) is 18.5 Å². The van der Waals surface area contributed by atoms with E-state index in [-0.39, 0.29) is 0 Å². The molecule has 15 heavy (non-hydrogen) atoms. The summed E-state index contributed by atoms with van der Waals surface area (Å²) in [4.78, 5) is 0. The number of hydrogen-bond acceptors (Lipinski definition) is 3. The van der Waals surface area contributed by atoms with E-state index in [2.05, 4.69) is 13.8 Å². The summed E-state index contributed by atoms with van der Waals surface area (Å²) in [5.74, 6) is 0. The summed E-state index contributed by atoms with van der Waals surface area (Å²) in [5.41, 5.74) is 0. The van der Waals surface area contributed by atoms with Crippen molar-refractivity contribution in [3.05, 3.63) is 0 Å². The second-order valence-electron chi connectivity index (χ2n) is 3.85. The summed E-state index contributed by atoms with van der Waals surface area (Å²) in [5, 5.41) is 0. The Balaban J connectivity index is 3.45. The number of hydrogen-bond donors (Lipinski definition) is 0. The molecule has 0 fully saturated rings. The summed E-state index contributed by atoms with van der Waals surface area (Å²) in [6.07, 6.45) is 7.05. The highest BCUT2D eigenvalue weighted by Gasteiger charge is 2.10. The Bertz CT molecular complexity index is 169. The average Bonchev–Trinajstić information content (AvgIpc) is 2.20. The molecule has 4 heteroatoms. The van der Waals surface area contributed by atoms with Crippen LogP contribution in [0.25, 0.3) is 0 Å². The number of rotatable bonds is 10. The smallest absolute Gasteiger partial charge is 0.185 e. The van der Waals surface area contributed by atoms with Crippen molar-refractivity contribution in [2.24, 2.45) is 0 Å². The van der Waals surface area contributed by atoms with Crippen LogP contribution in [-0.2, 0) is 20.9 Å². The molecular formula is C11H25O2PS. The van der Waals surface area contributed by atoms with Gasteiger partial charge in [0.1, 0.15) is 0 Å². The van der Waals surface area contributed by atoms with E-state index >= 15 is 0 Å². The van der Waals surface area contributed by atoms with Gasteiger partial charge in [-0.25, -0.2) is 0 Å². The third-order valence-electron chi connectivity index (χ3n) is 2.15. The van der Waals surface area contributed by atoms with Gasteiger partial charge in [0.05, 0.1) is 13.2 Å². The minimum atomic E-state index is -1.94. The predicted octanol–water partition coefficient (Wildman–Crippen LogP) is 4.34. The molecule has 0 heterocycles. The lowest BCUT2D eigenvalue weighted by atomic mass is 10.3. The second-order valence-corrected chi connectivity index (χ2v) is 7.90. The molecule has 0 aromatic heterocycles. The van der Waals surface area contributed by atoms with Gasteiger partial charge in [-0.1, -0.05) is 39.5 Å². The zero-order valence-electron chi connectivity index (χ0n) is 10.3. The molecule has 0 aliphatic rings. The molecule has 0 aliphatic heterocycles. The van der Waals surface area contributed by atoms with Crippen molar-refractivity contribution in [1.29, 1.82) is 0 Å². The predicted molar refractivity (Wildman–Crippen MR) is 71.2 cm³/mol. The molecule has 0 atom stereocenters. The minimum Gasteiger partial charge on any atom is -0.329 e. The first-order valence-corrected chi connectivity index (χ1v) is 9.07. The highest BCUT2D eigenvalue weighted by atomic mass is 32.5. The first-order valence-electron chi connectivity index (χ1n) is 5.99. The van der Waals surface area contributed by atoms with Crippen LogP contribution in [0.15, 0.2) is 0 Å². The first-order chi connectivity index (χ1) is 7.12. The van der Waals surface area contributed by atoms with Crippen molar-refractivity contribution >= 4 is 18.3 Å². The normalized spacial score (nSPS) is 11.9. The molecule has 0 radical (unpaired) electrons. The molecule has 2 nitrogen and oxygen atoms in total. The Kier molecular flexibility index (Phi) is 10.1. The van der Waals surface area contributed by atoms with Gasteiger partial charge in [0.2, 0.25) is 0 Å². The van der Waals surface area contributed by atoms with Crippen LogP contribution in [0.1, 0.15) is 52.4 Å². The van der Waals surface area contributed by atoms with Gasteiger partial charge < -0.3 is 9.05 Å². The molecule has 0 bridgehead atoms. The third kappa shape index (κ3) is 10.8. The molecule has 0 rings (SSSR count). The van der Waals surface area contributed by atoms with Crippen molar-refractivity contribution in [2.45, 2.75) is 52.4 Å². The van der Waals surface area contributed by atoms with E-state index in [1.165, 1.54) is 25.7 Å². The summed E-state index contributed by atoms with van der Waals surface area (Å²) in [7, 11) is 0. The van der Waals surface area contributed by atoms with Gasteiger partial charge >= 0.3 is 0 Å². The quantitative estimate of drug-likeness (QED) is 0.425. The Morgan fingerprint density at radius 3 is 1.60 bits per heavy atom. The van der Waals surface area contributed by atoms with Crippen molar-refractivity contribution < 1.29 is 9.05 Å². The molecule has 0 aromatic carbocycles. The molecule has 0 saturated carbocycles. The van der Waals surface area contributed by atoms with E-state index in [0.29, 0.717) is 0 Å². The summed E-state index contributed by atoms with van der Waals surface area (Å²) in [6.45, 7) is 5.88. The molecule has 0 aromatic rings. The van der Waals surface area contributed by atoms with Crippen LogP contribution in [-0.4, -0.2) is 19.9 Å². The van der Waals surface area contributed by atoms with Gasteiger partial charge in [0.25, 0.3) is 0 Å². The van der Waals surface area contributed by atoms with Gasteiger partial charge in [0, 0.05) is 6.66 Å². The summed E-state index contributed by atoms with van der Waals surface area (Å²) >= 11 is 5.31. The molecule has 0 N–H and O–H groups in total. The Labute approximate surface area is 99.9 Å². The zero-order valence-corrected chi connectivity index (χ0v) is 12.0. The molecule has 92 valence electrons. The molecule has 0 unspecified atom stereocenters. The van der Waals surface area contributed by atoms with Crippen molar-refractivity contribution in [2.75, 3.05) is 19.9 Å². The standard InChI is InChI=1S/C11H25O2PS/c1-4-6-8-10-12-14(3,15)13-11-9-7-5-2/h4-11H2,1-3H3. The van der Waals surface area contributed by atoms with E-state index < -0.39 is 6.49 Å². The Morgan fingerprint density at radius 2 is 1.27 bits per heavy atom. The second kappa shape index (κ2) is 9.77. The van der Waals surface area contributed by atoms with E-state index in [1.54, 1.807) is 0 Å². The lowest BCUT2D eigenvalue weighted by molar-refractivity contribution is 0.242. The van der Waals surface area contributed by atoms with Gasteiger partial charge in [-0.3, -0.25) is 0 Å². The van der Waals surface area contributed by atoms with Gasteiger partial charge in [-0.15, -0.1) is 0 Å². The zero-order chi connectivity index (χ0) is 11.6.